The molecular formula is C26H25N3O4S2. The summed E-state index contributed by atoms with van der Waals surface area (Å²) < 4.78 is 5.34. The molecule has 0 aliphatic rings. The van der Waals surface area contributed by atoms with Gasteiger partial charge < -0.3 is 20.0 Å². The molecule has 3 heterocycles. The van der Waals surface area contributed by atoms with Crippen LogP contribution in [0.4, 0.5) is 0 Å². The molecule has 3 amide bonds. The Balaban J connectivity index is 1.60. The lowest BCUT2D eigenvalue weighted by atomic mass is 10.0. The Labute approximate surface area is 211 Å². The van der Waals surface area contributed by atoms with Gasteiger partial charge in [0, 0.05) is 4.88 Å². The van der Waals surface area contributed by atoms with Gasteiger partial charge in [-0.15, -0.1) is 22.7 Å². The Bertz CT molecular complexity index is 1230. The van der Waals surface area contributed by atoms with Crippen molar-refractivity contribution in [3.05, 3.63) is 104 Å². The summed E-state index contributed by atoms with van der Waals surface area (Å²) in [6, 6.07) is 17.5. The predicted molar refractivity (Wildman–Crippen MR) is 136 cm³/mol. The van der Waals surface area contributed by atoms with E-state index in [1.165, 1.54) is 27.6 Å². The summed E-state index contributed by atoms with van der Waals surface area (Å²) in [6.45, 7) is 2.17. The number of hydrogen-bond acceptors (Lipinski definition) is 6. The second-order valence-corrected chi connectivity index (χ2v) is 9.85. The van der Waals surface area contributed by atoms with E-state index in [1.54, 1.807) is 35.9 Å². The van der Waals surface area contributed by atoms with Crippen molar-refractivity contribution < 1.29 is 18.8 Å². The molecule has 3 aromatic heterocycles. The topological polar surface area (TPSA) is 91.7 Å². The summed E-state index contributed by atoms with van der Waals surface area (Å²) >= 11 is 2.80. The smallest absolute Gasteiger partial charge is 0.261 e. The quantitative estimate of drug-likeness (QED) is 0.330. The van der Waals surface area contributed by atoms with Crippen LogP contribution in [0.3, 0.4) is 0 Å². The van der Waals surface area contributed by atoms with E-state index < -0.39 is 6.04 Å². The Morgan fingerprint density at radius 3 is 2.37 bits per heavy atom. The lowest BCUT2D eigenvalue weighted by Crippen LogP contribution is -2.46. The minimum Gasteiger partial charge on any atom is -0.467 e. The normalized spacial score (nSPS) is 11.6. The highest BCUT2D eigenvalue weighted by molar-refractivity contribution is 7.12. The van der Waals surface area contributed by atoms with Gasteiger partial charge in [0.05, 0.1) is 30.8 Å². The molecule has 1 aromatic carbocycles. The summed E-state index contributed by atoms with van der Waals surface area (Å²) in [6.07, 6.45) is 1.54. The molecule has 35 heavy (non-hydrogen) atoms. The number of carbonyl (C=O) groups is 3. The lowest BCUT2D eigenvalue weighted by molar-refractivity contribution is -0.140. The largest absolute Gasteiger partial charge is 0.467 e. The van der Waals surface area contributed by atoms with Gasteiger partial charge >= 0.3 is 0 Å². The highest BCUT2D eigenvalue weighted by atomic mass is 32.1. The van der Waals surface area contributed by atoms with E-state index >= 15 is 0 Å². The molecule has 1 atom stereocenters. The maximum absolute atomic E-state index is 13.5. The molecular weight excluding hydrogens is 482 g/mol. The van der Waals surface area contributed by atoms with Crippen LogP contribution < -0.4 is 10.6 Å². The van der Waals surface area contributed by atoms with Gasteiger partial charge in [-0.1, -0.05) is 42.0 Å². The van der Waals surface area contributed by atoms with Crippen LogP contribution in [0.5, 0.6) is 0 Å². The number of benzene rings is 1. The van der Waals surface area contributed by atoms with E-state index in [4.69, 9.17) is 4.42 Å². The molecule has 0 radical (unpaired) electrons. The average Bonchev–Trinajstić information content (AvgIpc) is 3.65. The van der Waals surface area contributed by atoms with Crippen molar-refractivity contribution in [1.82, 2.24) is 15.5 Å². The zero-order chi connectivity index (χ0) is 24.6. The molecule has 4 aromatic rings. The van der Waals surface area contributed by atoms with Gasteiger partial charge in [0.25, 0.3) is 5.91 Å². The minimum absolute atomic E-state index is 0.199. The number of carbonyl (C=O) groups excluding carboxylic acids is 3. The van der Waals surface area contributed by atoms with E-state index in [1.807, 2.05) is 48.7 Å². The van der Waals surface area contributed by atoms with Gasteiger partial charge in [-0.05, 0) is 47.5 Å². The van der Waals surface area contributed by atoms with Gasteiger partial charge in [0.1, 0.15) is 11.8 Å². The van der Waals surface area contributed by atoms with Gasteiger partial charge in [-0.3, -0.25) is 14.4 Å². The number of hydrogen-bond donors (Lipinski definition) is 2. The third kappa shape index (κ3) is 6.46. The molecule has 2 N–H and O–H groups in total. The van der Waals surface area contributed by atoms with Gasteiger partial charge in [0.2, 0.25) is 11.8 Å². The van der Waals surface area contributed by atoms with Crippen molar-refractivity contribution in [2.75, 3.05) is 6.54 Å². The molecule has 180 valence electrons. The molecule has 0 aliphatic heterocycles. The number of nitrogens with one attached hydrogen (secondary N) is 2. The van der Waals surface area contributed by atoms with Crippen molar-refractivity contribution in [2.24, 2.45) is 0 Å². The van der Waals surface area contributed by atoms with Crippen LogP contribution in [0, 0.1) is 6.92 Å². The number of amides is 3. The SMILES string of the molecule is Cc1ccc(C(C(=O)NCc2ccco2)N(Cc2cccs2)C(=O)CNC(=O)c2cccs2)cc1. The molecule has 0 saturated heterocycles. The Morgan fingerprint density at radius 1 is 0.943 bits per heavy atom. The fraction of sp³-hybridized carbons (Fsp3) is 0.192. The zero-order valence-corrected chi connectivity index (χ0v) is 20.7. The minimum atomic E-state index is -0.890. The molecule has 9 heteroatoms. The molecule has 0 bridgehead atoms. The molecule has 0 spiro atoms. The fourth-order valence-electron chi connectivity index (χ4n) is 3.55. The first kappa shape index (κ1) is 24.4. The number of nitrogens with zero attached hydrogens (tertiary/aromatic N) is 1. The summed E-state index contributed by atoms with van der Waals surface area (Å²) in [4.78, 5) is 42.4. The van der Waals surface area contributed by atoms with Crippen LogP contribution in [0.1, 0.15) is 37.5 Å². The predicted octanol–water partition coefficient (Wildman–Crippen LogP) is 4.53. The van der Waals surface area contributed by atoms with Crippen molar-refractivity contribution in [2.45, 2.75) is 26.1 Å². The average molecular weight is 508 g/mol. The highest BCUT2D eigenvalue weighted by Crippen LogP contribution is 2.26. The second-order valence-electron chi connectivity index (χ2n) is 7.87. The Morgan fingerprint density at radius 2 is 1.71 bits per heavy atom. The van der Waals surface area contributed by atoms with Gasteiger partial charge in [0.15, 0.2) is 0 Å². The Kier molecular flexibility index (Phi) is 8.12. The van der Waals surface area contributed by atoms with E-state index in [9.17, 15) is 14.4 Å². The third-order valence-corrected chi connectivity index (χ3v) is 7.07. The van der Waals surface area contributed by atoms with Crippen molar-refractivity contribution >= 4 is 40.4 Å². The highest BCUT2D eigenvalue weighted by Gasteiger charge is 2.32. The van der Waals surface area contributed by atoms with Gasteiger partial charge in [-0.25, -0.2) is 0 Å². The van der Waals surface area contributed by atoms with E-state index in [2.05, 4.69) is 10.6 Å². The number of aryl methyl sites for hydroxylation is 1. The first-order valence-electron chi connectivity index (χ1n) is 11.0. The number of thiophene rings is 2. The van der Waals surface area contributed by atoms with E-state index in [0.29, 0.717) is 16.2 Å². The van der Waals surface area contributed by atoms with Crippen LogP contribution in [-0.2, 0) is 22.7 Å². The number of furan rings is 1. The van der Waals surface area contributed by atoms with Crippen LogP contribution >= 0.6 is 22.7 Å². The third-order valence-electron chi connectivity index (χ3n) is 5.34. The summed E-state index contributed by atoms with van der Waals surface area (Å²) in [7, 11) is 0. The van der Waals surface area contributed by atoms with Crippen LogP contribution in [0.2, 0.25) is 0 Å². The van der Waals surface area contributed by atoms with Crippen molar-refractivity contribution in [1.29, 1.82) is 0 Å². The zero-order valence-electron chi connectivity index (χ0n) is 19.1. The maximum atomic E-state index is 13.5. The Hall–Kier alpha value is -3.69. The van der Waals surface area contributed by atoms with Crippen molar-refractivity contribution in [3.8, 4) is 0 Å². The van der Waals surface area contributed by atoms with Crippen LogP contribution in [-0.4, -0.2) is 29.2 Å². The van der Waals surface area contributed by atoms with Crippen LogP contribution in [0.15, 0.2) is 82.1 Å². The van der Waals surface area contributed by atoms with Crippen LogP contribution in [0.25, 0.3) is 0 Å². The monoisotopic (exact) mass is 507 g/mol. The molecule has 1 unspecified atom stereocenters. The van der Waals surface area contributed by atoms with Crippen molar-refractivity contribution in [3.63, 3.8) is 0 Å². The first-order chi connectivity index (χ1) is 17.0. The lowest BCUT2D eigenvalue weighted by Gasteiger charge is -2.31. The number of rotatable bonds is 10. The fourth-order valence-corrected chi connectivity index (χ4v) is 4.89. The molecule has 0 fully saturated rings. The molecule has 0 saturated carbocycles. The molecule has 7 nitrogen and oxygen atoms in total. The summed E-state index contributed by atoms with van der Waals surface area (Å²) in [5.41, 5.74) is 1.73. The van der Waals surface area contributed by atoms with Gasteiger partial charge in [-0.2, -0.15) is 0 Å². The second kappa shape index (κ2) is 11.6. The summed E-state index contributed by atoms with van der Waals surface area (Å²) in [5.74, 6) is -0.402. The van der Waals surface area contributed by atoms with E-state index in [-0.39, 0.29) is 37.4 Å². The first-order valence-corrected chi connectivity index (χ1v) is 12.8. The molecule has 0 aliphatic carbocycles. The van der Waals surface area contributed by atoms with E-state index in [0.717, 1.165) is 10.4 Å². The summed E-state index contributed by atoms with van der Waals surface area (Å²) in [5, 5.41) is 9.31. The molecule has 4 rings (SSSR count). The standard InChI is InChI=1S/C26H25N3O4S2/c1-18-8-10-19(11-9-18)24(26(32)27-15-20-5-2-12-33-20)29(17-21-6-3-13-34-21)23(30)16-28-25(31)22-7-4-14-35-22/h2-14,24H,15-17H2,1H3,(H,27,32)(H,28,31). The maximum Gasteiger partial charge on any atom is 0.261 e.